The molecule has 8 rings (SSSR count). The van der Waals surface area contributed by atoms with Crippen molar-refractivity contribution in [2.45, 2.75) is 361 Å². The summed E-state index contributed by atoms with van der Waals surface area (Å²) in [6, 6.07) is 23.4. The first-order valence-corrected chi connectivity index (χ1v) is 53.0. The van der Waals surface area contributed by atoms with Crippen LogP contribution >= 0.6 is 0 Å². The summed E-state index contributed by atoms with van der Waals surface area (Å²) in [6.45, 7) is 12.6. The van der Waals surface area contributed by atoms with E-state index < -0.39 is 12.7 Å². The van der Waals surface area contributed by atoms with Gasteiger partial charge in [0.05, 0.1) is 0 Å². The molecular formula is C120H184N8O8. The minimum absolute atomic E-state index is 0.127. The van der Waals surface area contributed by atoms with Gasteiger partial charge in [0, 0.05) is 126 Å². The van der Waals surface area contributed by atoms with Gasteiger partial charge in [0.15, 0.2) is 0 Å². The predicted molar refractivity (Wildman–Crippen MR) is 582 cm³/mol. The number of esters is 4. The molecule has 752 valence electrons. The van der Waals surface area contributed by atoms with Gasteiger partial charge in [-0.05, 0) is 307 Å². The fourth-order valence-corrected chi connectivity index (χ4v) is 16.1. The normalized spacial score (nSPS) is 12.6. The molecule has 4 aromatic carbocycles. The summed E-state index contributed by atoms with van der Waals surface area (Å²) in [7, 11) is 16.5. The first-order valence-electron chi connectivity index (χ1n) is 55.0. The standard InChI is InChI=1S/4C30H46N2O2/c4*1-4-5-6-7-8-9-10-11-12-13-14-15-16-17-18-22-29(33)34-28-21-19-20-27-30(28)26(25-31-27)23-24-32(2)3/h4*8-9,11-12,19-21,25,31H,4-7,10,13-18,22-24H2,1-3H3/b4*9-8-,12-11-/i2*10D2;;. The van der Waals surface area contributed by atoms with Crippen LogP contribution in [-0.4, -0.2) is 146 Å². The second-order valence-electron chi connectivity index (χ2n) is 37.6. The molecule has 0 fully saturated rings. The van der Waals surface area contributed by atoms with Crippen molar-refractivity contribution in [3.05, 3.63) is 217 Å². The molecule has 0 spiro atoms. The largest absolute Gasteiger partial charge is 0.426 e. The number of rotatable bonds is 72. The Morgan fingerprint density at radius 3 is 0.654 bits per heavy atom. The Hall–Kier alpha value is -9.32. The van der Waals surface area contributed by atoms with Gasteiger partial charge in [-0.3, -0.25) is 19.2 Å². The number of hydrogen-bond donors (Lipinski definition) is 4. The molecule has 0 aliphatic heterocycles. The Kier molecular flexibility index (Phi) is 62.9. The molecule has 0 radical (unpaired) electrons. The molecule has 0 saturated heterocycles. The Labute approximate surface area is 830 Å². The van der Waals surface area contributed by atoms with Gasteiger partial charge in [-0.25, -0.2) is 0 Å². The van der Waals surface area contributed by atoms with Gasteiger partial charge in [0.25, 0.3) is 0 Å². The van der Waals surface area contributed by atoms with Crippen molar-refractivity contribution in [1.29, 1.82) is 0 Å². The van der Waals surface area contributed by atoms with Crippen LogP contribution in [0.2, 0.25) is 0 Å². The van der Waals surface area contributed by atoms with Crippen LogP contribution in [0, 0.1) is 0 Å². The van der Waals surface area contributed by atoms with Crippen molar-refractivity contribution in [2.75, 3.05) is 82.6 Å². The van der Waals surface area contributed by atoms with Gasteiger partial charge in [0.1, 0.15) is 23.0 Å². The molecule has 0 aliphatic rings. The minimum Gasteiger partial charge on any atom is -0.426 e. The molecule has 16 nitrogen and oxygen atoms in total. The lowest BCUT2D eigenvalue weighted by Crippen LogP contribution is -2.15. The van der Waals surface area contributed by atoms with E-state index in [4.69, 9.17) is 24.4 Å². The summed E-state index contributed by atoms with van der Waals surface area (Å²) >= 11 is 0. The van der Waals surface area contributed by atoms with Crippen LogP contribution in [0.25, 0.3) is 43.6 Å². The summed E-state index contributed by atoms with van der Waals surface area (Å²) in [6.07, 6.45) is 90.6. The fourth-order valence-electron chi connectivity index (χ4n) is 16.1. The zero-order valence-electron chi connectivity index (χ0n) is 90.7. The smallest absolute Gasteiger partial charge is 0.311 e. The maximum Gasteiger partial charge on any atom is 0.311 e. The average molecular weight is 1870 g/mol. The summed E-state index contributed by atoms with van der Waals surface area (Å²) in [5.74, 6) is 2.06. The van der Waals surface area contributed by atoms with Crippen molar-refractivity contribution in [3.63, 3.8) is 0 Å². The number of carbonyl (C=O) groups excluding carboxylic acids is 4. The SMILES string of the molecule is CCCCC/C=C\C/C=C\CCCCCCCC(=O)Oc1cccc2[nH]cc(CCN(C)C)c12.CCCCC/C=C\C/C=C\CCCCCCCC(=O)Oc1cccc2[nH]cc(CCN(C)C)c12.[2H]C([2H])(/C=C\CCCCC)/C=C\CCCCCCCC(=O)Oc1cccc2[nH]cc(CCN(C)C)c12.[2H]C([2H])(/C=C\CCCCC)/C=C\CCCCCCCC(=O)Oc1cccc2[nH]cc(CCN(C)C)c12. The Morgan fingerprint density at radius 1 is 0.257 bits per heavy atom. The molecule has 0 saturated carbocycles. The van der Waals surface area contributed by atoms with Gasteiger partial charge < -0.3 is 58.5 Å². The van der Waals surface area contributed by atoms with Crippen molar-refractivity contribution >= 4 is 67.5 Å². The first kappa shape index (κ1) is 110. The van der Waals surface area contributed by atoms with E-state index in [1.54, 1.807) is 24.3 Å². The molecule has 0 atom stereocenters. The highest BCUT2D eigenvalue weighted by atomic mass is 16.5. The number of aromatic amines is 4. The third kappa shape index (κ3) is 54.7. The summed E-state index contributed by atoms with van der Waals surface area (Å²) in [5.41, 5.74) is 8.79. The molecule has 0 aliphatic carbocycles. The molecule has 0 amide bonds. The highest BCUT2D eigenvalue weighted by Crippen LogP contribution is 2.35. The minimum atomic E-state index is -1.36. The number of nitrogens with zero attached hydrogens (tertiary/aromatic N) is 4. The predicted octanol–water partition coefficient (Wildman–Crippen LogP) is 32.0. The molecule has 8 aromatic rings. The van der Waals surface area contributed by atoms with Gasteiger partial charge in [-0.15, -0.1) is 0 Å². The maximum absolute atomic E-state index is 12.5. The van der Waals surface area contributed by atoms with Crippen LogP contribution in [0.1, 0.15) is 364 Å². The Morgan fingerprint density at radius 2 is 0.449 bits per heavy atom. The number of allylic oxidation sites excluding steroid dienone is 16. The van der Waals surface area contributed by atoms with E-state index in [9.17, 15) is 19.2 Å². The van der Waals surface area contributed by atoms with Crippen molar-refractivity contribution in [1.82, 2.24) is 39.5 Å². The number of fused-ring (bicyclic) bond motifs is 4. The molecule has 0 bridgehead atoms. The number of nitrogens with one attached hydrogen (secondary N) is 4. The van der Waals surface area contributed by atoms with Crippen molar-refractivity contribution < 1.29 is 43.6 Å². The number of carbonyl (C=O) groups is 4. The van der Waals surface area contributed by atoms with Crippen LogP contribution in [0.4, 0.5) is 0 Å². The molecule has 4 heterocycles. The molecule has 16 heteroatoms. The van der Waals surface area contributed by atoms with E-state index in [2.05, 4.69) is 172 Å². The number of aromatic nitrogens is 4. The zero-order valence-corrected chi connectivity index (χ0v) is 86.7. The van der Waals surface area contributed by atoms with Crippen LogP contribution in [0.5, 0.6) is 23.0 Å². The van der Waals surface area contributed by atoms with Gasteiger partial charge in [0.2, 0.25) is 0 Å². The van der Waals surface area contributed by atoms with Crippen LogP contribution in [0.15, 0.2) is 195 Å². The van der Waals surface area contributed by atoms with Crippen molar-refractivity contribution in [2.24, 2.45) is 0 Å². The van der Waals surface area contributed by atoms with Gasteiger partial charge in [-0.2, -0.15) is 0 Å². The third-order valence-electron chi connectivity index (χ3n) is 24.2. The molecule has 0 unspecified atom stereocenters. The second-order valence-corrected chi connectivity index (χ2v) is 37.6. The number of H-pyrrole nitrogens is 4. The maximum atomic E-state index is 12.5. The number of ether oxygens (including phenoxy) is 4. The Bertz CT molecular complexity index is 4590. The highest BCUT2D eigenvalue weighted by Gasteiger charge is 2.19. The number of unbranched alkanes of at least 4 members (excludes halogenated alkanes) is 32. The number of likely N-dealkylation sites (N-methyl/N-ethyl adjacent to an activating group) is 4. The molecule has 4 N–H and O–H groups in total. The molecular weight excluding hydrogens is 1680 g/mol. The lowest BCUT2D eigenvalue weighted by molar-refractivity contribution is -0.135. The van der Waals surface area contributed by atoms with E-state index in [1.807, 2.05) is 122 Å². The van der Waals surface area contributed by atoms with E-state index >= 15 is 0 Å². The van der Waals surface area contributed by atoms with Crippen molar-refractivity contribution in [3.8, 4) is 23.0 Å². The average Bonchev–Trinajstić information content (AvgIpc) is 1.67. The number of hydrogen-bond acceptors (Lipinski definition) is 12. The van der Waals surface area contributed by atoms with E-state index in [0.717, 1.165) is 250 Å². The second kappa shape index (κ2) is 77.6. The summed E-state index contributed by atoms with van der Waals surface area (Å²) in [5, 5.41) is 4.10. The zero-order chi connectivity index (χ0) is 101. The summed E-state index contributed by atoms with van der Waals surface area (Å²) in [4.78, 5) is 71.6. The topological polar surface area (TPSA) is 181 Å². The quantitative estimate of drug-likeness (QED) is 0.0123. The van der Waals surface area contributed by atoms with E-state index in [0.29, 0.717) is 48.7 Å². The summed E-state index contributed by atoms with van der Waals surface area (Å²) < 4.78 is 55.1. The molecule has 4 aromatic heterocycles. The van der Waals surface area contributed by atoms with Crippen LogP contribution in [-0.2, 0) is 44.9 Å². The van der Waals surface area contributed by atoms with Crippen LogP contribution < -0.4 is 18.9 Å². The Balaban J connectivity index is 0.000000329. The third-order valence-corrected chi connectivity index (χ3v) is 24.2. The molecule has 136 heavy (non-hydrogen) atoms. The highest BCUT2D eigenvalue weighted by molar-refractivity contribution is 5.94. The lowest BCUT2D eigenvalue weighted by atomic mass is 10.1. The monoisotopic (exact) mass is 1870 g/mol. The van der Waals surface area contributed by atoms with E-state index in [-0.39, 0.29) is 23.9 Å². The lowest BCUT2D eigenvalue weighted by Gasteiger charge is -2.10. The van der Waals surface area contributed by atoms with Crippen LogP contribution in [0.3, 0.4) is 0 Å². The van der Waals surface area contributed by atoms with Gasteiger partial charge in [-0.1, -0.05) is 278 Å². The number of benzene rings is 4. The first-order chi connectivity index (χ1) is 67.9. The van der Waals surface area contributed by atoms with Gasteiger partial charge >= 0.3 is 23.9 Å². The van der Waals surface area contributed by atoms with E-state index in [1.165, 1.54) is 138 Å². The fraction of sp³-hybridized carbons (Fsp3) is 0.567.